The molecular weight excluding hydrogens is 445 g/mol. The molecule has 0 aromatic heterocycles. The van der Waals surface area contributed by atoms with E-state index in [-0.39, 0.29) is 5.56 Å². The summed E-state index contributed by atoms with van der Waals surface area (Å²) in [6.45, 7) is 0. The van der Waals surface area contributed by atoms with Gasteiger partial charge in [0, 0.05) is 16.7 Å². The van der Waals surface area contributed by atoms with Gasteiger partial charge in [0.1, 0.15) is 0 Å². The van der Waals surface area contributed by atoms with E-state index in [1.54, 1.807) is 18.2 Å². The second-order valence-corrected chi connectivity index (χ2v) is 6.38. The summed E-state index contributed by atoms with van der Waals surface area (Å²) in [5.41, 5.74) is -1.12. The van der Waals surface area contributed by atoms with Crippen LogP contribution in [-0.4, -0.2) is 0 Å². The Labute approximate surface area is 152 Å². The van der Waals surface area contributed by atoms with Gasteiger partial charge in [0.25, 0.3) is 0 Å². The third-order valence-electron chi connectivity index (χ3n) is 2.64. The standard InChI is InChI=1S/C8H4Cl2F4.C7H5BrF2/c9-7(11,12)5-1-2-6(4-3-5)8(10,13)14;8-7(9,10)6-4-2-1-3-5-6/h1-4H;1-5H. The maximum atomic E-state index is 12.4. The lowest BCUT2D eigenvalue weighted by atomic mass is 10.1. The van der Waals surface area contributed by atoms with E-state index in [0.29, 0.717) is 0 Å². The molecule has 132 valence electrons. The van der Waals surface area contributed by atoms with Crippen LogP contribution in [0.3, 0.4) is 0 Å². The molecule has 0 saturated heterocycles. The van der Waals surface area contributed by atoms with Gasteiger partial charge in [-0.05, 0) is 39.1 Å². The molecule has 0 unspecified atom stereocenters. The topological polar surface area (TPSA) is 0 Å². The van der Waals surface area contributed by atoms with Crippen molar-refractivity contribution < 1.29 is 26.3 Å². The zero-order chi connectivity index (χ0) is 18.6. The summed E-state index contributed by atoms with van der Waals surface area (Å²) < 4.78 is 74.5. The third kappa shape index (κ3) is 6.91. The van der Waals surface area contributed by atoms with E-state index < -0.39 is 26.7 Å². The van der Waals surface area contributed by atoms with Crippen molar-refractivity contribution in [1.82, 2.24) is 0 Å². The van der Waals surface area contributed by atoms with Gasteiger partial charge in [0.15, 0.2) is 0 Å². The highest BCUT2D eigenvalue weighted by molar-refractivity contribution is 9.09. The van der Waals surface area contributed by atoms with Crippen molar-refractivity contribution in [3.8, 4) is 0 Å². The van der Waals surface area contributed by atoms with E-state index in [0.717, 1.165) is 24.3 Å². The van der Waals surface area contributed by atoms with Gasteiger partial charge in [-0.2, -0.15) is 26.3 Å². The van der Waals surface area contributed by atoms with Gasteiger partial charge < -0.3 is 0 Å². The van der Waals surface area contributed by atoms with Gasteiger partial charge in [-0.25, -0.2) is 0 Å². The Kier molecular flexibility index (Phi) is 7.02. The molecule has 0 bridgehead atoms. The van der Waals surface area contributed by atoms with E-state index in [2.05, 4.69) is 39.1 Å². The predicted octanol–water partition coefficient (Wildman–Crippen LogP) is 7.39. The molecule has 2 aromatic rings. The lowest BCUT2D eigenvalue weighted by Gasteiger charge is -2.11. The summed E-state index contributed by atoms with van der Waals surface area (Å²) >= 11 is 11.6. The Hall–Kier alpha value is -0.920. The average molecular weight is 454 g/mol. The molecule has 24 heavy (non-hydrogen) atoms. The molecule has 0 atom stereocenters. The first-order valence-corrected chi connectivity index (χ1v) is 7.73. The first-order valence-electron chi connectivity index (χ1n) is 6.18. The Morgan fingerprint density at radius 2 is 0.917 bits per heavy atom. The fourth-order valence-corrected chi connectivity index (χ4v) is 1.99. The summed E-state index contributed by atoms with van der Waals surface area (Å²) in [6.07, 6.45) is 0. The molecular formula is C15H9BrCl2F6. The minimum Gasteiger partial charge on any atom is -0.188 e. The number of hydrogen-bond acceptors (Lipinski definition) is 0. The Bertz CT molecular complexity index is 597. The van der Waals surface area contributed by atoms with Gasteiger partial charge in [0.05, 0.1) is 0 Å². The Morgan fingerprint density at radius 3 is 1.12 bits per heavy atom. The number of hydrogen-bond donors (Lipinski definition) is 0. The van der Waals surface area contributed by atoms with Crippen LogP contribution in [0.25, 0.3) is 0 Å². The van der Waals surface area contributed by atoms with Crippen LogP contribution in [0.5, 0.6) is 0 Å². The molecule has 0 aliphatic heterocycles. The molecule has 0 fully saturated rings. The quantitative estimate of drug-likeness (QED) is 0.335. The number of benzene rings is 2. The van der Waals surface area contributed by atoms with Crippen LogP contribution in [-0.2, 0) is 15.6 Å². The van der Waals surface area contributed by atoms with Gasteiger partial charge >= 0.3 is 15.6 Å². The second kappa shape index (κ2) is 7.97. The molecule has 0 N–H and O–H groups in total. The Morgan fingerprint density at radius 1 is 0.583 bits per heavy atom. The minimum absolute atomic E-state index is 0.0185. The molecule has 0 amide bonds. The van der Waals surface area contributed by atoms with Crippen molar-refractivity contribution in [3.63, 3.8) is 0 Å². The van der Waals surface area contributed by atoms with Crippen LogP contribution in [0, 0.1) is 0 Å². The fourth-order valence-electron chi connectivity index (χ4n) is 1.48. The molecule has 2 rings (SSSR count). The van der Waals surface area contributed by atoms with E-state index in [9.17, 15) is 26.3 Å². The molecule has 0 nitrogen and oxygen atoms in total. The summed E-state index contributed by atoms with van der Waals surface area (Å²) in [4.78, 5) is -2.89. The largest absolute Gasteiger partial charge is 0.348 e. The van der Waals surface area contributed by atoms with E-state index in [1.807, 2.05) is 0 Å². The average Bonchev–Trinajstić information content (AvgIpc) is 2.46. The Balaban J connectivity index is 0.000000254. The van der Waals surface area contributed by atoms with E-state index in [1.165, 1.54) is 12.1 Å². The summed E-state index contributed by atoms with van der Waals surface area (Å²) in [5.74, 6) is 0. The van der Waals surface area contributed by atoms with Crippen LogP contribution in [0.4, 0.5) is 26.3 Å². The van der Waals surface area contributed by atoms with Gasteiger partial charge in [-0.15, -0.1) is 0 Å². The van der Waals surface area contributed by atoms with Crippen molar-refractivity contribution in [2.45, 2.75) is 15.6 Å². The smallest absolute Gasteiger partial charge is 0.188 e. The highest BCUT2D eigenvalue weighted by Crippen LogP contribution is 2.36. The summed E-state index contributed by atoms with van der Waals surface area (Å²) in [7, 11) is 0. The maximum Gasteiger partial charge on any atom is 0.348 e. The van der Waals surface area contributed by atoms with Crippen molar-refractivity contribution >= 4 is 39.1 Å². The lowest BCUT2D eigenvalue weighted by molar-refractivity contribution is 0.0906. The van der Waals surface area contributed by atoms with E-state index in [4.69, 9.17) is 0 Å². The first kappa shape index (κ1) is 21.1. The van der Waals surface area contributed by atoms with E-state index >= 15 is 0 Å². The minimum atomic E-state index is -3.56. The predicted molar refractivity (Wildman–Crippen MR) is 85.2 cm³/mol. The number of rotatable bonds is 3. The van der Waals surface area contributed by atoms with Crippen LogP contribution < -0.4 is 0 Å². The SMILES string of the molecule is FC(F)(Br)c1ccccc1.FC(F)(Cl)c1ccc(C(F)(F)Cl)cc1. The summed E-state index contributed by atoms with van der Waals surface area (Å²) in [5, 5.41) is -7.11. The van der Waals surface area contributed by atoms with Crippen molar-refractivity contribution in [2.24, 2.45) is 0 Å². The van der Waals surface area contributed by atoms with Gasteiger partial charge in [-0.1, -0.05) is 54.6 Å². The fraction of sp³-hybridized carbons (Fsp3) is 0.200. The highest BCUT2D eigenvalue weighted by Gasteiger charge is 2.31. The molecule has 0 heterocycles. The van der Waals surface area contributed by atoms with Crippen LogP contribution >= 0.6 is 39.1 Å². The molecule has 0 spiro atoms. The molecule has 0 radical (unpaired) electrons. The molecule has 0 saturated carbocycles. The third-order valence-corrected chi connectivity index (χ3v) is 3.53. The van der Waals surface area contributed by atoms with Crippen LogP contribution in [0.15, 0.2) is 54.6 Å². The molecule has 0 aliphatic carbocycles. The maximum absolute atomic E-state index is 12.4. The van der Waals surface area contributed by atoms with Gasteiger partial charge in [0.2, 0.25) is 0 Å². The zero-order valence-electron chi connectivity index (χ0n) is 11.6. The highest BCUT2D eigenvalue weighted by atomic mass is 79.9. The monoisotopic (exact) mass is 452 g/mol. The number of alkyl halides is 9. The second-order valence-electron chi connectivity index (χ2n) is 4.44. The normalized spacial score (nSPS) is 12.4. The van der Waals surface area contributed by atoms with Crippen LogP contribution in [0.2, 0.25) is 0 Å². The van der Waals surface area contributed by atoms with Gasteiger partial charge in [-0.3, -0.25) is 0 Å². The molecule has 2 aromatic carbocycles. The molecule has 9 heteroatoms. The summed E-state index contributed by atoms with van der Waals surface area (Å²) in [6, 6.07) is 10.8. The number of halogens is 9. The first-order chi connectivity index (χ1) is 10.8. The molecule has 0 aliphatic rings. The lowest BCUT2D eigenvalue weighted by Crippen LogP contribution is -2.06. The van der Waals surface area contributed by atoms with Crippen molar-refractivity contribution in [3.05, 3.63) is 71.3 Å². The zero-order valence-corrected chi connectivity index (χ0v) is 14.7. The van der Waals surface area contributed by atoms with Crippen molar-refractivity contribution in [2.75, 3.05) is 0 Å². The van der Waals surface area contributed by atoms with Crippen LogP contribution in [0.1, 0.15) is 16.7 Å². The van der Waals surface area contributed by atoms with Crippen molar-refractivity contribution in [1.29, 1.82) is 0 Å².